The molecule has 0 aliphatic carbocycles. The van der Waals surface area contributed by atoms with Gasteiger partial charge in [0.2, 0.25) is 5.91 Å². The molecule has 0 saturated heterocycles. The number of ether oxygens (including phenoxy) is 1. The molecule has 8 heteroatoms. The number of nitrogens with two attached hydrogens (primary N) is 1. The molecular formula is C33H41F3N2O2S. The van der Waals surface area contributed by atoms with Crippen molar-refractivity contribution in [3.05, 3.63) is 89.5 Å². The quantitative estimate of drug-likeness (QED) is 0.130. The summed E-state index contributed by atoms with van der Waals surface area (Å²) in [5.74, 6) is 0.292. The smallest absolute Gasteiger partial charge is 0.416 e. The minimum Gasteiger partial charge on any atom is -0.494 e. The van der Waals surface area contributed by atoms with Gasteiger partial charge < -0.3 is 15.4 Å². The Morgan fingerprint density at radius 1 is 0.902 bits per heavy atom. The van der Waals surface area contributed by atoms with E-state index in [0.717, 1.165) is 25.0 Å². The monoisotopic (exact) mass is 586 g/mol. The van der Waals surface area contributed by atoms with E-state index < -0.39 is 17.8 Å². The number of benzene rings is 3. The molecule has 0 radical (unpaired) electrons. The van der Waals surface area contributed by atoms with E-state index in [1.54, 1.807) is 29.2 Å². The van der Waals surface area contributed by atoms with E-state index in [1.807, 2.05) is 24.3 Å². The molecule has 4 nitrogen and oxygen atoms in total. The molecule has 2 N–H and O–H groups in total. The van der Waals surface area contributed by atoms with Gasteiger partial charge in [0.05, 0.1) is 17.9 Å². The lowest BCUT2D eigenvalue weighted by Gasteiger charge is -2.28. The number of hydrogen-bond donors (Lipinski definition) is 2. The SMILES string of the molecule is CCCCCCCCCCOc1ccc(S)c(N(CCc2ccc(C(F)(F)F)cc2)C(=O)C(N)c2ccccc2)c1. The van der Waals surface area contributed by atoms with Crippen LogP contribution in [0.15, 0.2) is 77.7 Å². The molecule has 41 heavy (non-hydrogen) atoms. The minimum atomic E-state index is -4.40. The molecule has 0 bridgehead atoms. The zero-order valence-corrected chi connectivity index (χ0v) is 24.6. The third kappa shape index (κ3) is 10.4. The van der Waals surface area contributed by atoms with Crippen LogP contribution >= 0.6 is 12.6 Å². The van der Waals surface area contributed by atoms with Crippen LogP contribution in [-0.4, -0.2) is 19.1 Å². The molecule has 0 fully saturated rings. The number of unbranched alkanes of at least 4 members (excludes halogenated alkanes) is 7. The van der Waals surface area contributed by atoms with E-state index in [4.69, 9.17) is 10.5 Å². The second-order valence-electron chi connectivity index (χ2n) is 10.3. The van der Waals surface area contributed by atoms with Crippen molar-refractivity contribution in [2.75, 3.05) is 18.1 Å². The van der Waals surface area contributed by atoms with Gasteiger partial charge >= 0.3 is 6.18 Å². The Morgan fingerprint density at radius 3 is 2.17 bits per heavy atom. The first-order valence-electron chi connectivity index (χ1n) is 14.4. The zero-order chi connectivity index (χ0) is 29.7. The molecule has 0 saturated carbocycles. The Morgan fingerprint density at radius 2 is 1.54 bits per heavy atom. The lowest BCUT2D eigenvalue weighted by molar-refractivity contribution is -0.137. The van der Waals surface area contributed by atoms with Gasteiger partial charge in [0, 0.05) is 17.5 Å². The van der Waals surface area contributed by atoms with E-state index in [2.05, 4.69) is 19.6 Å². The summed E-state index contributed by atoms with van der Waals surface area (Å²) in [5, 5.41) is 0. The summed E-state index contributed by atoms with van der Waals surface area (Å²) in [6.07, 6.45) is 5.55. The van der Waals surface area contributed by atoms with Gasteiger partial charge in [-0.3, -0.25) is 4.79 Å². The predicted octanol–water partition coefficient (Wildman–Crippen LogP) is 8.79. The standard InChI is InChI=1S/C33H41F3N2O2S/c1-2-3-4-5-6-7-8-12-23-40-28-19-20-30(41)29(24-28)38(32(39)31(37)26-13-10-9-11-14-26)22-21-25-15-17-27(18-16-25)33(34,35)36/h9-11,13-20,24,31,41H,2-8,12,21-23,37H2,1H3. The van der Waals surface area contributed by atoms with Crippen molar-refractivity contribution in [3.8, 4) is 5.75 Å². The Balaban J connectivity index is 1.71. The van der Waals surface area contributed by atoms with Crippen LogP contribution in [0.25, 0.3) is 0 Å². The maximum absolute atomic E-state index is 13.7. The Hall–Kier alpha value is -2.97. The fourth-order valence-corrected chi connectivity index (χ4v) is 4.92. The number of rotatable bonds is 16. The normalized spacial score (nSPS) is 12.2. The second-order valence-corrected chi connectivity index (χ2v) is 10.8. The fraction of sp³-hybridized carbons (Fsp3) is 0.424. The summed E-state index contributed by atoms with van der Waals surface area (Å²) in [4.78, 5) is 15.8. The first-order valence-corrected chi connectivity index (χ1v) is 14.9. The summed E-state index contributed by atoms with van der Waals surface area (Å²) in [6.45, 7) is 3.00. The zero-order valence-electron chi connectivity index (χ0n) is 23.7. The van der Waals surface area contributed by atoms with Crippen LogP contribution in [0.5, 0.6) is 5.75 Å². The van der Waals surface area contributed by atoms with Crippen molar-refractivity contribution in [1.29, 1.82) is 0 Å². The molecule has 0 heterocycles. The van der Waals surface area contributed by atoms with E-state index in [9.17, 15) is 18.0 Å². The first kappa shape index (κ1) is 32.5. The molecule has 0 spiro atoms. The molecular weight excluding hydrogens is 545 g/mol. The van der Waals surface area contributed by atoms with Crippen LogP contribution in [-0.2, 0) is 17.4 Å². The van der Waals surface area contributed by atoms with Crippen LogP contribution in [0.3, 0.4) is 0 Å². The number of hydrogen-bond acceptors (Lipinski definition) is 4. The number of carbonyl (C=O) groups excluding carboxylic acids is 1. The summed E-state index contributed by atoms with van der Waals surface area (Å²) >= 11 is 4.62. The molecule has 1 atom stereocenters. The van der Waals surface area contributed by atoms with Gasteiger partial charge in [0.15, 0.2) is 0 Å². The van der Waals surface area contributed by atoms with Crippen LogP contribution in [0.4, 0.5) is 18.9 Å². The van der Waals surface area contributed by atoms with Gasteiger partial charge in [-0.2, -0.15) is 13.2 Å². The van der Waals surface area contributed by atoms with Gasteiger partial charge in [-0.05, 0) is 48.2 Å². The number of thiol groups is 1. The van der Waals surface area contributed by atoms with Crippen LogP contribution in [0, 0.1) is 0 Å². The highest BCUT2D eigenvalue weighted by molar-refractivity contribution is 7.80. The lowest BCUT2D eigenvalue weighted by Crippen LogP contribution is -2.40. The summed E-state index contributed by atoms with van der Waals surface area (Å²) in [5.41, 5.74) is 7.57. The summed E-state index contributed by atoms with van der Waals surface area (Å²) in [7, 11) is 0. The van der Waals surface area contributed by atoms with Gasteiger partial charge in [0.25, 0.3) is 0 Å². The highest BCUT2D eigenvalue weighted by Gasteiger charge is 2.30. The number of carbonyl (C=O) groups is 1. The topological polar surface area (TPSA) is 55.6 Å². The minimum absolute atomic E-state index is 0.208. The first-order chi connectivity index (χ1) is 19.7. The molecule has 0 aliphatic rings. The van der Waals surface area contributed by atoms with Crippen molar-refractivity contribution in [3.63, 3.8) is 0 Å². The van der Waals surface area contributed by atoms with E-state index in [1.165, 1.54) is 50.7 Å². The van der Waals surface area contributed by atoms with E-state index >= 15 is 0 Å². The molecule has 1 amide bonds. The highest BCUT2D eigenvalue weighted by Crippen LogP contribution is 2.32. The largest absolute Gasteiger partial charge is 0.494 e. The third-order valence-corrected chi connectivity index (χ3v) is 7.48. The van der Waals surface area contributed by atoms with E-state index in [0.29, 0.717) is 40.5 Å². The summed E-state index contributed by atoms with van der Waals surface area (Å²) < 4.78 is 45.1. The van der Waals surface area contributed by atoms with Crippen molar-refractivity contribution in [1.82, 2.24) is 0 Å². The Kier molecular flexibility index (Phi) is 13.1. The van der Waals surface area contributed by atoms with Crippen molar-refractivity contribution >= 4 is 24.2 Å². The summed E-state index contributed by atoms with van der Waals surface area (Å²) in [6, 6.07) is 18.5. The van der Waals surface area contributed by atoms with Crippen molar-refractivity contribution in [2.45, 2.75) is 81.8 Å². The average Bonchev–Trinajstić information content (AvgIpc) is 2.97. The van der Waals surface area contributed by atoms with Crippen LogP contribution in [0.2, 0.25) is 0 Å². The van der Waals surface area contributed by atoms with Gasteiger partial charge in [-0.15, -0.1) is 12.6 Å². The Labute approximate surface area is 247 Å². The van der Waals surface area contributed by atoms with Gasteiger partial charge in [0.1, 0.15) is 11.8 Å². The van der Waals surface area contributed by atoms with Crippen LogP contribution < -0.4 is 15.4 Å². The number of halogens is 3. The average molecular weight is 587 g/mol. The third-order valence-electron chi connectivity index (χ3n) is 7.10. The molecule has 1 unspecified atom stereocenters. The fourth-order valence-electron chi connectivity index (χ4n) is 4.66. The molecule has 3 aromatic rings. The number of nitrogens with zero attached hydrogens (tertiary/aromatic N) is 1. The van der Waals surface area contributed by atoms with Gasteiger partial charge in [-0.1, -0.05) is 94.3 Å². The molecule has 222 valence electrons. The predicted molar refractivity (Wildman–Crippen MR) is 163 cm³/mol. The Bertz CT molecular complexity index is 1200. The van der Waals surface area contributed by atoms with Crippen molar-refractivity contribution < 1.29 is 22.7 Å². The molecule has 3 aromatic carbocycles. The number of anilines is 1. The molecule has 0 aromatic heterocycles. The molecule has 3 rings (SSSR count). The maximum atomic E-state index is 13.7. The van der Waals surface area contributed by atoms with E-state index in [-0.39, 0.29) is 12.5 Å². The van der Waals surface area contributed by atoms with Gasteiger partial charge in [-0.25, -0.2) is 0 Å². The highest BCUT2D eigenvalue weighted by atomic mass is 32.1. The molecule has 0 aliphatic heterocycles. The van der Waals surface area contributed by atoms with Crippen LogP contribution in [0.1, 0.15) is 81.0 Å². The number of alkyl halides is 3. The second kappa shape index (κ2) is 16.5. The number of amides is 1. The van der Waals surface area contributed by atoms with Crippen molar-refractivity contribution in [2.24, 2.45) is 5.73 Å². The lowest BCUT2D eigenvalue weighted by atomic mass is 10.0. The maximum Gasteiger partial charge on any atom is 0.416 e.